The predicted octanol–water partition coefficient (Wildman–Crippen LogP) is 5.21. The summed E-state index contributed by atoms with van der Waals surface area (Å²) >= 11 is 5.74. The summed E-state index contributed by atoms with van der Waals surface area (Å²) in [6.45, 7) is 0. The molecule has 1 amide bonds. The molecule has 0 aromatic heterocycles. The molecule has 0 N–H and O–H groups in total. The lowest BCUT2D eigenvalue weighted by Gasteiger charge is -1.98. The van der Waals surface area contributed by atoms with Crippen LogP contribution in [-0.4, -0.2) is 5.91 Å². The van der Waals surface area contributed by atoms with Crippen molar-refractivity contribution in [2.75, 3.05) is 0 Å². The number of hydrogen-bond donors (Lipinski definition) is 0. The minimum atomic E-state index is -0.581. The summed E-state index contributed by atoms with van der Waals surface area (Å²) in [5, 5.41) is 11.4. The lowest BCUT2D eigenvalue weighted by Crippen LogP contribution is -1.93. The maximum absolute atomic E-state index is 11.9. The lowest BCUT2D eigenvalue weighted by molar-refractivity contribution is 0.0995. The highest BCUT2D eigenvalue weighted by Gasteiger charge is 2.08. The quantitative estimate of drug-likeness (QED) is 0.432. The third-order valence-corrected chi connectivity index (χ3v) is 2.62. The van der Waals surface area contributed by atoms with Gasteiger partial charge in [0.15, 0.2) is 0 Å². The van der Waals surface area contributed by atoms with Gasteiger partial charge in [-0.3, -0.25) is 4.79 Å². The lowest BCUT2D eigenvalue weighted by atomic mass is 10.2. The molecular formula is C13H8ClN5O. The van der Waals surface area contributed by atoms with Gasteiger partial charge in [0, 0.05) is 9.93 Å². The van der Waals surface area contributed by atoms with Crippen molar-refractivity contribution in [3.05, 3.63) is 69.6 Å². The maximum atomic E-state index is 11.9. The fourth-order valence-corrected chi connectivity index (χ4v) is 1.58. The van der Waals surface area contributed by atoms with E-state index in [2.05, 4.69) is 20.3 Å². The smallest absolute Gasteiger partial charge is 0.265 e. The molecule has 2 rings (SSSR count). The Morgan fingerprint density at radius 1 is 1.10 bits per heavy atom. The molecule has 6 nitrogen and oxygen atoms in total. The van der Waals surface area contributed by atoms with Crippen molar-refractivity contribution in [2.24, 2.45) is 15.3 Å². The number of nitrogens with zero attached hydrogens (tertiary/aromatic N) is 5. The Bertz CT molecular complexity index is 705. The summed E-state index contributed by atoms with van der Waals surface area (Å²) in [6.07, 6.45) is 0. The first-order chi connectivity index (χ1) is 9.70. The number of carbonyl (C=O) groups is 1. The van der Waals surface area contributed by atoms with E-state index in [9.17, 15) is 4.79 Å². The minimum absolute atomic E-state index is 0.197. The molecule has 0 radical (unpaired) electrons. The van der Waals surface area contributed by atoms with E-state index < -0.39 is 5.91 Å². The standard InChI is InChI=1S/C13H8ClN5O/c14-9-5-7-10(8-6-9)16-18-13(20)11-3-1-2-4-12(11)17-19-15/h1-8H. The summed E-state index contributed by atoms with van der Waals surface area (Å²) in [7, 11) is 0. The van der Waals surface area contributed by atoms with Crippen LogP contribution in [0, 0.1) is 0 Å². The second-order valence-electron chi connectivity index (χ2n) is 3.69. The van der Waals surface area contributed by atoms with Gasteiger partial charge in [0.05, 0.1) is 16.9 Å². The molecule has 98 valence electrons. The highest BCUT2D eigenvalue weighted by molar-refractivity contribution is 6.30. The Hall–Kier alpha value is -2.69. The first-order valence-corrected chi connectivity index (χ1v) is 5.94. The summed E-state index contributed by atoms with van der Waals surface area (Å²) in [5.41, 5.74) is 9.36. The van der Waals surface area contributed by atoms with E-state index in [1.807, 2.05) is 0 Å². The molecule has 20 heavy (non-hydrogen) atoms. The molecule has 0 bridgehead atoms. The zero-order valence-corrected chi connectivity index (χ0v) is 10.9. The van der Waals surface area contributed by atoms with Crippen LogP contribution in [0.3, 0.4) is 0 Å². The van der Waals surface area contributed by atoms with Gasteiger partial charge in [-0.05, 0) is 35.9 Å². The largest absolute Gasteiger partial charge is 0.295 e. The van der Waals surface area contributed by atoms with E-state index in [0.717, 1.165) is 0 Å². The first-order valence-electron chi connectivity index (χ1n) is 5.56. The molecule has 0 aliphatic rings. The average molecular weight is 286 g/mol. The number of benzene rings is 2. The van der Waals surface area contributed by atoms with Crippen LogP contribution < -0.4 is 0 Å². The summed E-state index contributed by atoms with van der Waals surface area (Å²) in [4.78, 5) is 14.6. The summed E-state index contributed by atoms with van der Waals surface area (Å²) in [6, 6.07) is 12.9. The number of azo groups is 1. The molecule has 0 spiro atoms. The number of halogens is 1. The molecule has 0 saturated heterocycles. The van der Waals surface area contributed by atoms with E-state index in [-0.39, 0.29) is 11.3 Å². The molecule has 0 fully saturated rings. The molecule has 0 aliphatic heterocycles. The van der Waals surface area contributed by atoms with Gasteiger partial charge in [0.1, 0.15) is 0 Å². The molecule has 2 aromatic carbocycles. The zero-order valence-electron chi connectivity index (χ0n) is 10.1. The predicted molar refractivity (Wildman–Crippen MR) is 75.5 cm³/mol. The molecule has 0 aliphatic carbocycles. The van der Waals surface area contributed by atoms with E-state index >= 15 is 0 Å². The molecule has 0 atom stereocenters. The monoisotopic (exact) mass is 285 g/mol. The van der Waals surface area contributed by atoms with E-state index in [1.54, 1.807) is 36.4 Å². The minimum Gasteiger partial charge on any atom is -0.265 e. The average Bonchev–Trinajstić information content (AvgIpc) is 2.47. The van der Waals surface area contributed by atoms with Crippen molar-refractivity contribution in [2.45, 2.75) is 0 Å². The van der Waals surface area contributed by atoms with Crippen LogP contribution in [0.15, 0.2) is 63.9 Å². The van der Waals surface area contributed by atoms with Crippen LogP contribution >= 0.6 is 11.6 Å². The van der Waals surface area contributed by atoms with Gasteiger partial charge in [0.25, 0.3) is 5.91 Å². The van der Waals surface area contributed by atoms with Crippen molar-refractivity contribution < 1.29 is 4.79 Å². The van der Waals surface area contributed by atoms with Crippen molar-refractivity contribution in [3.63, 3.8) is 0 Å². The fraction of sp³-hybridized carbons (Fsp3) is 0. The van der Waals surface area contributed by atoms with Gasteiger partial charge in [-0.25, -0.2) is 0 Å². The van der Waals surface area contributed by atoms with E-state index in [1.165, 1.54) is 12.1 Å². The second kappa shape index (κ2) is 6.47. The topological polar surface area (TPSA) is 90.6 Å². The van der Waals surface area contributed by atoms with Gasteiger partial charge >= 0.3 is 0 Å². The molecule has 0 saturated carbocycles. The van der Waals surface area contributed by atoms with Crippen molar-refractivity contribution in [1.29, 1.82) is 0 Å². The zero-order chi connectivity index (χ0) is 14.4. The Balaban J connectivity index is 2.24. The number of carbonyl (C=O) groups excluding carboxylic acids is 1. The van der Waals surface area contributed by atoms with Crippen LogP contribution in [0.4, 0.5) is 11.4 Å². The van der Waals surface area contributed by atoms with Gasteiger partial charge in [-0.15, -0.1) is 10.2 Å². The second-order valence-corrected chi connectivity index (χ2v) is 4.12. The molecular weight excluding hydrogens is 278 g/mol. The first kappa shape index (κ1) is 13.7. The van der Waals surface area contributed by atoms with Crippen molar-refractivity contribution >= 4 is 28.9 Å². The van der Waals surface area contributed by atoms with Crippen LogP contribution in [0.1, 0.15) is 10.4 Å². The van der Waals surface area contributed by atoms with Crippen LogP contribution in [0.5, 0.6) is 0 Å². The van der Waals surface area contributed by atoms with Crippen LogP contribution in [0.25, 0.3) is 10.4 Å². The molecule has 0 heterocycles. The maximum Gasteiger partial charge on any atom is 0.295 e. The highest BCUT2D eigenvalue weighted by Crippen LogP contribution is 2.21. The summed E-state index contributed by atoms with van der Waals surface area (Å²) in [5.74, 6) is -0.581. The SMILES string of the molecule is [N-]=[N+]=Nc1ccccc1C(=O)N=Nc1ccc(Cl)cc1. The van der Waals surface area contributed by atoms with Crippen molar-refractivity contribution in [3.8, 4) is 0 Å². The van der Waals surface area contributed by atoms with E-state index in [0.29, 0.717) is 10.7 Å². The van der Waals surface area contributed by atoms with Crippen LogP contribution in [0.2, 0.25) is 5.02 Å². The third-order valence-electron chi connectivity index (χ3n) is 2.37. The number of amides is 1. The third kappa shape index (κ3) is 3.41. The van der Waals surface area contributed by atoms with Crippen molar-refractivity contribution in [1.82, 2.24) is 0 Å². The summed E-state index contributed by atoms with van der Waals surface area (Å²) < 4.78 is 0. The van der Waals surface area contributed by atoms with Gasteiger partial charge in [-0.2, -0.15) is 0 Å². The Labute approximate surface area is 119 Å². The normalized spacial score (nSPS) is 10.2. The Kier molecular flexibility index (Phi) is 4.44. The Morgan fingerprint density at radius 2 is 1.80 bits per heavy atom. The molecule has 0 unspecified atom stereocenters. The van der Waals surface area contributed by atoms with Gasteiger partial charge in [-0.1, -0.05) is 34.9 Å². The highest BCUT2D eigenvalue weighted by atomic mass is 35.5. The number of rotatable bonds is 3. The van der Waals surface area contributed by atoms with Gasteiger partial charge in [0.2, 0.25) is 0 Å². The van der Waals surface area contributed by atoms with Gasteiger partial charge < -0.3 is 0 Å². The Morgan fingerprint density at radius 3 is 2.50 bits per heavy atom. The van der Waals surface area contributed by atoms with Crippen LogP contribution in [-0.2, 0) is 0 Å². The molecule has 7 heteroatoms. The molecule has 2 aromatic rings. The fourth-order valence-electron chi connectivity index (χ4n) is 1.45. The number of hydrogen-bond acceptors (Lipinski definition) is 3. The number of azide groups is 1. The van der Waals surface area contributed by atoms with E-state index in [4.69, 9.17) is 17.1 Å².